The van der Waals surface area contributed by atoms with Crippen LogP contribution in [-0.4, -0.2) is 16.9 Å². The summed E-state index contributed by atoms with van der Waals surface area (Å²) in [5.41, 5.74) is 9.70. The Hall–Kier alpha value is -1.71. The Morgan fingerprint density at radius 3 is 2.33 bits per heavy atom. The molecule has 0 amide bonds. The van der Waals surface area contributed by atoms with Gasteiger partial charge < -0.3 is 5.73 Å². The first-order valence-corrected chi connectivity index (χ1v) is 7.56. The molecule has 2 aromatic rings. The van der Waals surface area contributed by atoms with Gasteiger partial charge in [0.2, 0.25) is 0 Å². The highest BCUT2D eigenvalue weighted by molar-refractivity contribution is 7.80. The molecule has 0 aliphatic heterocycles. The maximum atomic E-state index is 5.80. The standard InChI is InChI=1S/C18H22N2S/c1-14-8-6-7-11-16(14)13-20(2)17(12-18(19)21)15-9-4-3-5-10-15/h3-11,17H,12-13H2,1-2H3,(H2,19,21). The number of rotatable bonds is 6. The predicted molar refractivity (Wildman–Crippen MR) is 93.2 cm³/mol. The van der Waals surface area contributed by atoms with E-state index in [9.17, 15) is 0 Å². The highest BCUT2D eigenvalue weighted by atomic mass is 32.1. The molecular formula is C18H22N2S. The van der Waals surface area contributed by atoms with Crippen LogP contribution in [0.2, 0.25) is 0 Å². The van der Waals surface area contributed by atoms with Gasteiger partial charge in [0.1, 0.15) is 0 Å². The first-order chi connectivity index (χ1) is 10.1. The van der Waals surface area contributed by atoms with E-state index in [0.29, 0.717) is 11.4 Å². The van der Waals surface area contributed by atoms with Crippen LogP contribution in [0.1, 0.15) is 29.2 Å². The van der Waals surface area contributed by atoms with E-state index in [1.165, 1.54) is 16.7 Å². The van der Waals surface area contributed by atoms with Gasteiger partial charge in [0, 0.05) is 19.0 Å². The van der Waals surface area contributed by atoms with Crippen LogP contribution >= 0.6 is 12.2 Å². The van der Waals surface area contributed by atoms with Crippen molar-refractivity contribution in [1.82, 2.24) is 4.90 Å². The lowest BCUT2D eigenvalue weighted by Crippen LogP contribution is -2.28. The lowest BCUT2D eigenvalue weighted by atomic mass is 10.0. The molecule has 1 atom stereocenters. The zero-order valence-electron chi connectivity index (χ0n) is 12.6. The molecule has 110 valence electrons. The van der Waals surface area contributed by atoms with Crippen LogP contribution in [0.4, 0.5) is 0 Å². The highest BCUT2D eigenvalue weighted by Gasteiger charge is 2.18. The van der Waals surface area contributed by atoms with E-state index in [1.54, 1.807) is 0 Å². The Morgan fingerprint density at radius 2 is 1.71 bits per heavy atom. The second kappa shape index (κ2) is 7.34. The van der Waals surface area contributed by atoms with Gasteiger partial charge in [0.15, 0.2) is 0 Å². The minimum Gasteiger partial charge on any atom is -0.393 e. The first kappa shape index (κ1) is 15.7. The van der Waals surface area contributed by atoms with Crippen LogP contribution in [0.5, 0.6) is 0 Å². The van der Waals surface area contributed by atoms with Gasteiger partial charge in [0.05, 0.1) is 4.99 Å². The number of thiocarbonyl (C=S) groups is 1. The van der Waals surface area contributed by atoms with Gasteiger partial charge in [-0.25, -0.2) is 0 Å². The molecule has 2 aromatic carbocycles. The van der Waals surface area contributed by atoms with Crippen molar-refractivity contribution >= 4 is 17.2 Å². The number of hydrogen-bond acceptors (Lipinski definition) is 2. The summed E-state index contributed by atoms with van der Waals surface area (Å²) in [4.78, 5) is 2.87. The zero-order chi connectivity index (χ0) is 15.2. The molecule has 2 rings (SSSR count). The molecule has 0 saturated carbocycles. The summed E-state index contributed by atoms with van der Waals surface area (Å²) in [6.45, 7) is 3.03. The summed E-state index contributed by atoms with van der Waals surface area (Å²) in [7, 11) is 2.13. The Labute approximate surface area is 132 Å². The lowest BCUT2D eigenvalue weighted by Gasteiger charge is -2.29. The SMILES string of the molecule is Cc1ccccc1CN(C)C(CC(N)=S)c1ccccc1. The minimum absolute atomic E-state index is 0.211. The maximum Gasteiger partial charge on any atom is 0.0746 e. The average molecular weight is 298 g/mol. The zero-order valence-corrected chi connectivity index (χ0v) is 13.4. The predicted octanol–water partition coefficient (Wildman–Crippen LogP) is 3.84. The Morgan fingerprint density at radius 1 is 1.10 bits per heavy atom. The number of nitrogens with zero attached hydrogens (tertiary/aromatic N) is 1. The molecule has 1 unspecified atom stereocenters. The van der Waals surface area contributed by atoms with Gasteiger partial charge in [-0.2, -0.15) is 0 Å². The number of hydrogen-bond donors (Lipinski definition) is 1. The third-order valence-electron chi connectivity index (χ3n) is 3.79. The number of aryl methyl sites for hydroxylation is 1. The highest BCUT2D eigenvalue weighted by Crippen LogP contribution is 2.25. The van der Waals surface area contributed by atoms with E-state index in [1.807, 2.05) is 6.07 Å². The lowest BCUT2D eigenvalue weighted by molar-refractivity contribution is 0.241. The fourth-order valence-electron chi connectivity index (χ4n) is 2.56. The van der Waals surface area contributed by atoms with E-state index >= 15 is 0 Å². The summed E-state index contributed by atoms with van der Waals surface area (Å²) in [6, 6.07) is 19.1. The number of benzene rings is 2. The molecule has 0 bridgehead atoms. The van der Waals surface area contributed by atoms with Crippen LogP contribution in [-0.2, 0) is 6.54 Å². The Bertz CT molecular complexity index is 595. The minimum atomic E-state index is 0.211. The van der Waals surface area contributed by atoms with Crippen molar-refractivity contribution in [1.29, 1.82) is 0 Å². The topological polar surface area (TPSA) is 29.3 Å². The van der Waals surface area contributed by atoms with Gasteiger partial charge in [0.25, 0.3) is 0 Å². The summed E-state index contributed by atoms with van der Waals surface area (Å²) in [6.07, 6.45) is 0.696. The Balaban J connectivity index is 2.20. The fraction of sp³-hybridized carbons (Fsp3) is 0.278. The van der Waals surface area contributed by atoms with Gasteiger partial charge in [-0.1, -0.05) is 66.8 Å². The van der Waals surface area contributed by atoms with E-state index in [-0.39, 0.29) is 6.04 Å². The molecule has 0 heterocycles. The van der Waals surface area contributed by atoms with Crippen molar-refractivity contribution in [3.63, 3.8) is 0 Å². The van der Waals surface area contributed by atoms with E-state index < -0.39 is 0 Å². The van der Waals surface area contributed by atoms with Crippen LogP contribution in [0.3, 0.4) is 0 Å². The smallest absolute Gasteiger partial charge is 0.0746 e. The van der Waals surface area contributed by atoms with Gasteiger partial charge in [-0.3, -0.25) is 4.90 Å². The molecule has 0 radical (unpaired) electrons. The molecule has 0 aromatic heterocycles. The van der Waals surface area contributed by atoms with Crippen molar-refractivity contribution < 1.29 is 0 Å². The monoisotopic (exact) mass is 298 g/mol. The first-order valence-electron chi connectivity index (χ1n) is 7.16. The third kappa shape index (κ3) is 4.38. The summed E-state index contributed by atoms with van der Waals surface area (Å²) < 4.78 is 0. The number of nitrogens with two attached hydrogens (primary N) is 1. The molecule has 3 heteroatoms. The largest absolute Gasteiger partial charge is 0.393 e. The fourth-order valence-corrected chi connectivity index (χ4v) is 2.72. The summed E-state index contributed by atoms with van der Waals surface area (Å²) in [5, 5.41) is 0. The van der Waals surface area contributed by atoms with Crippen molar-refractivity contribution in [2.75, 3.05) is 7.05 Å². The third-order valence-corrected chi connectivity index (χ3v) is 3.96. The van der Waals surface area contributed by atoms with Gasteiger partial charge >= 0.3 is 0 Å². The Kier molecular flexibility index (Phi) is 5.48. The van der Waals surface area contributed by atoms with Crippen LogP contribution in [0, 0.1) is 6.92 Å². The molecule has 0 aliphatic carbocycles. The van der Waals surface area contributed by atoms with E-state index in [4.69, 9.17) is 18.0 Å². The van der Waals surface area contributed by atoms with Crippen molar-refractivity contribution in [3.8, 4) is 0 Å². The quantitative estimate of drug-likeness (QED) is 0.822. The summed E-state index contributed by atoms with van der Waals surface area (Å²) >= 11 is 5.13. The average Bonchev–Trinajstić information content (AvgIpc) is 2.48. The van der Waals surface area contributed by atoms with Gasteiger partial charge in [-0.05, 0) is 30.7 Å². The van der Waals surface area contributed by atoms with Crippen molar-refractivity contribution in [3.05, 3.63) is 71.3 Å². The van der Waals surface area contributed by atoms with E-state index in [0.717, 1.165) is 6.54 Å². The second-order valence-corrected chi connectivity index (χ2v) is 5.96. The summed E-state index contributed by atoms with van der Waals surface area (Å²) in [5.74, 6) is 0. The molecule has 0 saturated heterocycles. The van der Waals surface area contributed by atoms with Crippen LogP contribution in [0.25, 0.3) is 0 Å². The molecule has 0 fully saturated rings. The molecule has 2 N–H and O–H groups in total. The second-order valence-electron chi connectivity index (χ2n) is 5.44. The molecule has 21 heavy (non-hydrogen) atoms. The van der Waals surface area contributed by atoms with Crippen molar-refractivity contribution in [2.24, 2.45) is 5.73 Å². The molecule has 0 spiro atoms. The van der Waals surface area contributed by atoms with Crippen molar-refractivity contribution in [2.45, 2.75) is 25.9 Å². The molecule has 2 nitrogen and oxygen atoms in total. The van der Waals surface area contributed by atoms with Crippen LogP contribution < -0.4 is 5.73 Å². The van der Waals surface area contributed by atoms with E-state index in [2.05, 4.69) is 67.4 Å². The maximum absolute atomic E-state index is 5.80. The van der Waals surface area contributed by atoms with Crippen LogP contribution in [0.15, 0.2) is 54.6 Å². The normalized spacial score (nSPS) is 12.3. The van der Waals surface area contributed by atoms with Gasteiger partial charge in [-0.15, -0.1) is 0 Å². The molecular weight excluding hydrogens is 276 g/mol. The molecule has 0 aliphatic rings.